The molecule has 7 heteroatoms. The van der Waals surface area contributed by atoms with Crippen LogP contribution in [0.4, 0.5) is 4.39 Å². The zero-order chi connectivity index (χ0) is 20.9. The second-order valence-corrected chi connectivity index (χ2v) is 8.48. The fraction of sp³-hybridized carbons (Fsp3) is 0.348. The van der Waals surface area contributed by atoms with Crippen LogP contribution in [0.1, 0.15) is 32.1 Å². The summed E-state index contributed by atoms with van der Waals surface area (Å²) in [5, 5.41) is 9.13. The van der Waals surface area contributed by atoms with E-state index < -0.39 is 0 Å². The Bertz CT molecular complexity index is 1000. The van der Waals surface area contributed by atoms with Crippen molar-refractivity contribution in [2.24, 2.45) is 0 Å². The van der Waals surface area contributed by atoms with Crippen molar-refractivity contribution in [1.82, 2.24) is 19.7 Å². The molecule has 0 spiro atoms. The summed E-state index contributed by atoms with van der Waals surface area (Å²) in [6, 6.07) is 16.5. The molecule has 1 fully saturated rings. The molecule has 1 heterocycles. The minimum Gasteiger partial charge on any atom is -0.342 e. The maximum atomic E-state index is 14.5. The molecule has 1 amide bonds. The number of hydrogen-bond acceptors (Lipinski definition) is 4. The highest BCUT2D eigenvalue weighted by atomic mass is 32.2. The molecule has 30 heavy (non-hydrogen) atoms. The molecule has 0 unspecified atom stereocenters. The van der Waals surface area contributed by atoms with E-state index >= 15 is 0 Å². The summed E-state index contributed by atoms with van der Waals surface area (Å²) in [5.74, 6) is 0.429. The quantitative estimate of drug-likeness (QED) is 0.525. The normalized spacial score (nSPS) is 14.6. The average molecular weight is 425 g/mol. The van der Waals surface area contributed by atoms with Gasteiger partial charge in [-0.3, -0.25) is 9.36 Å². The fourth-order valence-corrected chi connectivity index (χ4v) is 4.77. The first-order valence-corrected chi connectivity index (χ1v) is 11.3. The molecule has 0 bridgehead atoms. The summed E-state index contributed by atoms with van der Waals surface area (Å²) >= 11 is 1.34. The second kappa shape index (κ2) is 9.43. The summed E-state index contributed by atoms with van der Waals surface area (Å²) in [7, 11) is 1.89. The van der Waals surface area contributed by atoms with E-state index in [0.29, 0.717) is 22.6 Å². The molecule has 0 saturated heterocycles. The van der Waals surface area contributed by atoms with E-state index in [4.69, 9.17) is 0 Å². The highest BCUT2D eigenvalue weighted by Gasteiger charge is 2.24. The zero-order valence-electron chi connectivity index (χ0n) is 17.0. The van der Waals surface area contributed by atoms with Crippen LogP contribution in [0.25, 0.3) is 17.1 Å². The number of hydrogen-bond donors (Lipinski definition) is 0. The summed E-state index contributed by atoms with van der Waals surface area (Å²) < 4.78 is 16.3. The van der Waals surface area contributed by atoms with E-state index in [1.807, 2.05) is 46.8 Å². The van der Waals surface area contributed by atoms with Crippen molar-refractivity contribution < 1.29 is 9.18 Å². The van der Waals surface area contributed by atoms with Crippen LogP contribution in [-0.2, 0) is 4.79 Å². The Labute approximate surface area is 180 Å². The van der Waals surface area contributed by atoms with Crippen molar-refractivity contribution in [3.63, 3.8) is 0 Å². The number of amides is 1. The number of benzene rings is 2. The molecule has 156 valence electrons. The minimum absolute atomic E-state index is 0.0851. The SMILES string of the molecule is CN(C(=O)CSc1nnc(-c2ccccc2F)n1-c1ccccc1)C1CCCCC1. The zero-order valence-corrected chi connectivity index (χ0v) is 17.8. The Kier molecular flexibility index (Phi) is 6.47. The summed E-state index contributed by atoms with van der Waals surface area (Å²) in [5.41, 5.74) is 1.21. The van der Waals surface area contributed by atoms with E-state index in [9.17, 15) is 9.18 Å². The van der Waals surface area contributed by atoms with Crippen LogP contribution >= 0.6 is 11.8 Å². The van der Waals surface area contributed by atoms with Crippen molar-refractivity contribution in [1.29, 1.82) is 0 Å². The monoisotopic (exact) mass is 424 g/mol. The molecule has 1 saturated carbocycles. The minimum atomic E-state index is -0.355. The standard InChI is InChI=1S/C23H25FN4OS/c1-27(17-10-4-2-5-11-17)21(29)16-30-23-26-25-22(19-14-8-9-15-20(19)24)28(23)18-12-6-3-7-13-18/h3,6-9,12-15,17H,2,4-5,10-11,16H2,1H3. The van der Waals surface area contributed by atoms with E-state index in [0.717, 1.165) is 18.5 Å². The number of nitrogens with zero attached hydrogens (tertiary/aromatic N) is 4. The highest BCUT2D eigenvalue weighted by Crippen LogP contribution is 2.30. The van der Waals surface area contributed by atoms with Gasteiger partial charge >= 0.3 is 0 Å². The van der Waals surface area contributed by atoms with Gasteiger partial charge in [-0.25, -0.2) is 4.39 Å². The van der Waals surface area contributed by atoms with Gasteiger partial charge in [-0.05, 0) is 37.1 Å². The first-order valence-electron chi connectivity index (χ1n) is 10.3. The molecule has 0 aliphatic heterocycles. The van der Waals surface area contributed by atoms with Crippen molar-refractivity contribution in [2.45, 2.75) is 43.3 Å². The average Bonchev–Trinajstić information content (AvgIpc) is 3.22. The van der Waals surface area contributed by atoms with Crippen molar-refractivity contribution >= 4 is 17.7 Å². The lowest BCUT2D eigenvalue weighted by Crippen LogP contribution is -2.39. The third kappa shape index (κ3) is 4.41. The summed E-state index contributed by atoms with van der Waals surface area (Å²) in [6.45, 7) is 0. The molecular formula is C23H25FN4OS. The Morgan fingerprint density at radius 3 is 2.50 bits per heavy atom. The first kappa shape index (κ1) is 20.6. The topological polar surface area (TPSA) is 51.0 Å². The fourth-order valence-electron chi connectivity index (χ4n) is 3.89. The molecule has 0 radical (unpaired) electrons. The number of thioether (sulfide) groups is 1. The van der Waals surface area contributed by atoms with Crippen molar-refractivity contribution in [3.8, 4) is 17.1 Å². The van der Waals surface area contributed by atoms with E-state index in [-0.39, 0.29) is 17.5 Å². The lowest BCUT2D eigenvalue weighted by atomic mass is 9.94. The van der Waals surface area contributed by atoms with Crippen LogP contribution in [0.5, 0.6) is 0 Å². The van der Waals surface area contributed by atoms with Gasteiger partial charge in [-0.15, -0.1) is 10.2 Å². The van der Waals surface area contributed by atoms with Crippen molar-refractivity contribution in [2.75, 3.05) is 12.8 Å². The van der Waals surface area contributed by atoms with Crippen LogP contribution in [0.15, 0.2) is 59.8 Å². The van der Waals surface area contributed by atoms with E-state index in [1.54, 1.807) is 18.2 Å². The van der Waals surface area contributed by atoms with Crippen LogP contribution in [-0.4, -0.2) is 44.4 Å². The Morgan fingerprint density at radius 1 is 1.07 bits per heavy atom. The molecule has 1 aliphatic carbocycles. The third-order valence-electron chi connectivity index (χ3n) is 5.60. The lowest BCUT2D eigenvalue weighted by molar-refractivity contribution is -0.129. The molecule has 1 aromatic heterocycles. The predicted octanol–water partition coefficient (Wildman–Crippen LogP) is 4.96. The van der Waals surface area contributed by atoms with Gasteiger partial charge in [0.25, 0.3) is 0 Å². The Balaban J connectivity index is 1.59. The van der Waals surface area contributed by atoms with Gasteiger partial charge in [0.1, 0.15) is 5.82 Å². The van der Waals surface area contributed by atoms with Gasteiger partial charge in [0, 0.05) is 18.8 Å². The van der Waals surface area contributed by atoms with E-state index in [1.165, 1.54) is 37.1 Å². The van der Waals surface area contributed by atoms with Gasteiger partial charge in [-0.2, -0.15) is 0 Å². The second-order valence-electron chi connectivity index (χ2n) is 7.54. The van der Waals surface area contributed by atoms with Gasteiger partial charge in [-0.1, -0.05) is 61.4 Å². The molecule has 2 aromatic carbocycles. The number of aromatic nitrogens is 3. The maximum absolute atomic E-state index is 14.5. The number of carbonyl (C=O) groups excluding carboxylic acids is 1. The number of rotatable bonds is 6. The summed E-state index contributed by atoms with van der Waals surface area (Å²) in [4.78, 5) is 14.7. The largest absolute Gasteiger partial charge is 0.342 e. The van der Waals surface area contributed by atoms with Gasteiger partial charge in [0.15, 0.2) is 11.0 Å². The van der Waals surface area contributed by atoms with Gasteiger partial charge in [0.05, 0.1) is 11.3 Å². The molecular weight excluding hydrogens is 399 g/mol. The van der Waals surface area contributed by atoms with Crippen molar-refractivity contribution in [3.05, 3.63) is 60.4 Å². The first-order chi connectivity index (χ1) is 14.6. The smallest absolute Gasteiger partial charge is 0.233 e. The molecule has 3 aromatic rings. The molecule has 0 N–H and O–H groups in total. The summed E-state index contributed by atoms with van der Waals surface area (Å²) in [6.07, 6.45) is 5.77. The van der Waals surface area contributed by atoms with Crippen LogP contribution in [0.3, 0.4) is 0 Å². The van der Waals surface area contributed by atoms with E-state index in [2.05, 4.69) is 10.2 Å². The van der Waals surface area contributed by atoms with Crippen LogP contribution in [0.2, 0.25) is 0 Å². The predicted molar refractivity (Wildman–Crippen MR) is 117 cm³/mol. The number of para-hydroxylation sites is 1. The number of carbonyl (C=O) groups is 1. The van der Waals surface area contributed by atoms with Gasteiger partial charge in [0.2, 0.25) is 5.91 Å². The van der Waals surface area contributed by atoms with Crippen LogP contribution in [0, 0.1) is 5.82 Å². The lowest BCUT2D eigenvalue weighted by Gasteiger charge is -2.31. The molecule has 4 rings (SSSR count). The molecule has 5 nitrogen and oxygen atoms in total. The Morgan fingerprint density at radius 2 is 1.77 bits per heavy atom. The maximum Gasteiger partial charge on any atom is 0.233 e. The molecule has 0 atom stereocenters. The Hall–Kier alpha value is -2.67. The molecule has 1 aliphatic rings. The van der Waals surface area contributed by atoms with Crippen LogP contribution < -0.4 is 0 Å². The number of halogens is 1. The van der Waals surface area contributed by atoms with Gasteiger partial charge < -0.3 is 4.90 Å². The highest BCUT2D eigenvalue weighted by molar-refractivity contribution is 7.99. The third-order valence-corrected chi connectivity index (χ3v) is 6.52.